The van der Waals surface area contributed by atoms with E-state index in [4.69, 9.17) is 22.4 Å². The summed E-state index contributed by atoms with van der Waals surface area (Å²) in [5.74, 6) is -0.800. The highest BCUT2D eigenvalue weighted by Gasteiger charge is 2.08. The molecule has 18 heavy (non-hydrogen) atoms. The van der Waals surface area contributed by atoms with E-state index in [-0.39, 0.29) is 5.69 Å². The molecule has 5 nitrogen and oxygen atoms in total. The van der Waals surface area contributed by atoms with Crippen LogP contribution in [0, 0.1) is 0 Å². The molecule has 0 spiro atoms. The predicted octanol–water partition coefficient (Wildman–Crippen LogP) is 2.76. The Labute approximate surface area is 108 Å². The lowest BCUT2D eigenvalue weighted by atomic mass is 10.3. The first-order valence-corrected chi connectivity index (χ1v) is 5.46. The van der Waals surface area contributed by atoms with Gasteiger partial charge >= 0.3 is 5.97 Å². The van der Waals surface area contributed by atoms with Gasteiger partial charge < -0.3 is 16.2 Å². The Morgan fingerprint density at radius 1 is 1.22 bits per heavy atom. The van der Waals surface area contributed by atoms with Gasteiger partial charge in [0.05, 0.1) is 5.69 Å². The van der Waals surface area contributed by atoms with Gasteiger partial charge in [-0.15, -0.1) is 0 Å². The van der Waals surface area contributed by atoms with Crippen molar-refractivity contribution in [1.82, 2.24) is 4.98 Å². The monoisotopic (exact) mass is 263 g/mol. The zero-order valence-corrected chi connectivity index (χ0v) is 9.98. The standard InChI is InChI=1S/C12H10ClN3O2/c13-7-1-3-8(4-2-7)15-11-9(14)5-6-10(16-11)12(17)18/h1-6H,14H2,(H,15,16)(H,17,18). The predicted molar refractivity (Wildman–Crippen MR) is 70.3 cm³/mol. The van der Waals surface area contributed by atoms with E-state index in [0.717, 1.165) is 5.69 Å². The second kappa shape index (κ2) is 4.93. The van der Waals surface area contributed by atoms with Gasteiger partial charge in [-0.25, -0.2) is 9.78 Å². The minimum Gasteiger partial charge on any atom is -0.477 e. The van der Waals surface area contributed by atoms with Crippen molar-refractivity contribution in [1.29, 1.82) is 0 Å². The van der Waals surface area contributed by atoms with Gasteiger partial charge in [-0.1, -0.05) is 11.6 Å². The van der Waals surface area contributed by atoms with Crippen LogP contribution >= 0.6 is 11.6 Å². The number of benzene rings is 1. The van der Waals surface area contributed by atoms with E-state index in [0.29, 0.717) is 16.5 Å². The molecule has 0 aliphatic carbocycles. The van der Waals surface area contributed by atoms with E-state index in [1.165, 1.54) is 12.1 Å². The molecule has 2 aromatic rings. The van der Waals surface area contributed by atoms with Crippen molar-refractivity contribution in [2.75, 3.05) is 11.1 Å². The number of aromatic carboxylic acids is 1. The molecule has 0 atom stereocenters. The number of anilines is 3. The Bertz CT molecular complexity index is 584. The minimum atomic E-state index is -1.10. The van der Waals surface area contributed by atoms with Gasteiger partial charge in [0, 0.05) is 10.7 Å². The molecule has 0 aliphatic rings. The summed E-state index contributed by atoms with van der Waals surface area (Å²) in [6.07, 6.45) is 0. The summed E-state index contributed by atoms with van der Waals surface area (Å²) < 4.78 is 0. The first kappa shape index (κ1) is 12.2. The van der Waals surface area contributed by atoms with E-state index in [2.05, 4.69) is 10.3 Å². The number of rotatable bonds is 3. The first-order chi connectivity index (χ1) is 8.56. The quantitative estimate of drug-likeness (QED) is 0.792. The third-order valence-corrected chi connectivity index (χ3v) is 2.50. The fraction of sp³-hybridized carbons (Fsp3) is 0. The van der Waals surface area contributed by atoms with Crippen LogP contribution in [0.15, 0.2) is 36.4 Å². The number of hydrogen-bond acceptors (Lipinski definition) is 4. The molecule has 1 heterocycles. The van der Waals surface area contributed by atoms with E-state index in [1.54, 1.807) is 24.3 Å². The van der Waals surface area contributed by atoms with Crippen LogP contribution < -0.4 is 11.1 Å². The maximum absolute atomic E-state index is 10.8. The summed E-state index contributed by atoms with van der Waals surface area (Å²) >= 11 is 5.77. The Hall–Kier alpha value is -2.27. The number of aromatic nitrogens is 1. The molecule has 0 radical (unpaired) electrons. The lowest BCUT2D eigenvalue weighted by molar-refractivity contribution is 0.0690. The van der Waals surface area contributed by atoms with Crippen molar-refractivity contribution >= 4 is 34.8 Å². The van der Waals surface area contributed by atoms with Crippen LogP contribution in [0.4, 0.5) is 17.2 Å². The summed E-state index contributed by atoms with van der Waals surface area (Å²) in [5.41, 5.74) is 6.75. The van der Waals surface area contributed by atoms with Crippen LogP contribution in [0.25, 0.3) is 0 Å². The molecular formula is C12H10ClN3O2. The van der Waals surface area contributed by atoms with Crippen LogP contribution in [0.1, 0.15) is 10.5 Å². The maximum atomic E-state index is 10.8. The molecule has 0 aliphatic heterocycles. The molecule has 4 N–H and O–H groups in total. The highest BCUT2D eigenvalue weighted by atomic mass is 35.5. The van der Waals surface area contributed by atoms with Crippen molar-refractivity contribution in [3.8, 4) is 0 Å². The van der Waals surface area contributed by atoms with Gasteiger partial charge in [0.25, 0.3) is 0 Å². The zero-order valence-electron chi connectivity index (χ0n) is 9.22. The molecule has 1 aromatic heterocycles. The Kier molecular flexibility index (Phi) is 3.34. The average Bonchev–Trinajstić information content (AvgIpc) is 2.34. The molecule has 0 saturated heterocycles. The van der Waals surface area contributed by atoms with Gasteiger partial charge in [0.1, 0.15) is 0 Å². The molecule has 6 heteroatoms. The Morgan fingerprint density at radius 3 is 2.50 bits per heavy atom. The SMILES string of the molecule is Nc1ccc(C(=O)O)nc1Nc1ccc(Cl)cc1. The number of hydrogen-bond donors (Lipinski definition) is 3. The van der Waals surface area contributed by atoms with Crippen molar-refractivity contribution in [3.63, 3.8) is 0 Å². The van der Waals surface area contributed by atoms with E-state index in [1.807, 2.05) is 0 Å². The van der Waals surface area contributed by atoms with Crippen LogP contribution in [0.2, 0.25) is 5.02 Å². The molecule has 0 bridgehead atoms. The van der Waals surface area contributed by atoms with Crippen LogP contribution in [0.5, 0.6) is 0 Å². The number of carbonyl (C=O) groups is 1. The molecule has 0 saturated carbocycles. The molecule has 92 valence electrons. The molecule has 0 amide bonds. The second-order valence-electron chi connectivity index (χ2n) is 3.57. The summed E-state index contributed by atoms with van der Waals surface area (Å²) in [4.78, 5) is 14.7. The molecule has 2 rings (SSSR count). The normalized spacial score (nSPS) is 10.1. The largest absolute Gasteiger partial charge is 0.477 e. The summed E-state index contributed by atoms with van der Waals surface area (Å²) in [6, 6.07) is 9.76. The van der Waals surface area contributed by atoms with E-state index >= 15 is 0 Å². The van der Waals surface area contributed by atoms with Gasteiger partial charge in [0.15, 0.2) is 11.5 Å². The Balaban J connectivity index is 2.30. The third kappa shape index (κ3) is 2.70. The molecule has 0 fully saturated rings. The number of nitrogens with two attached hydrogens (primary N) is 1. The lowest BCUT2D eigenvalue weighted by Crippen LogP contribution is -2.05. The third-order valence-electron chi connectivity index (χ3n) is 2.25. The fourth-order valence-electron chi connectivity index (χ4n) is 1.36. The van der Waals surface area contributed by atoms with Crippen molar-refractivity contribution in [2.45, 2.75) is 0 Å². The van der Waals surface area contributed by atoms with Gasteiger partial charge in [0.2, 0.25) is 0 Å². The summed E-state index contributed by atoms with van der Waals surface area (Å²) in [5, 5.41) is 12.4. The molecule has 1 aromatic carbocycles. The lowest BCUT2D eigenvalue weighted by Gasteiger charge is -2.09. The topological polar surface area (TPSA) is 88.2 Å². The highest BCUT2D eigenvalue weighted by molar-refractivity contribution is 6.30. The van der Waals surface area contributed by atoms with Crippen LogP contribution in [-0.4, -0.2) is 16.1 Å². The minimum absolute atomic E-state index is 0.0688. The number of halogens is 1. The first-order valence-electron chi connectivity index (χ1n) is 5.08. The van der Waals surface area contributed by atoms with Crippen LogP contribution in [-0.2, 0) is 0 Å². The zero-order chi connectivity index (χ0) is 13.1. The van der Waals surface area contributed by atoms with E-state index in [9.17, 15) is 4.79 Å². The van der Waals surface area contributed by atoms with Crippen molar-refractivity contribution in [2.24, 2.45) is 0 Å². The summed E-state index contributed by atoms with van der Waals surface area (Å²) in [7, 11) is 0. The Morgan fingerprint density at radius 2 is 1.89 bits per heavy atom. The van der Waals surface area contributed by atoms with Crippen LogP contribution in [0.3, 0.4) is 0 Å². The van der Waals surface area contributed by atoms with E-state index < -0.39 is 5.97 Å². The fourth-order valence-corrected chi connectivity index (χ4v) is 1.49. The number of nitrogens with one attached hydrogen (secondary N) is 1. The number of pyridine rings is 1. The van der Waals surface area contributed by atoms with Gasteiger partial charge in [-0.3, -0.25) is 0 Å². The van der Waals surface area contributed by atoms with Crippen molar-refractivity contribution < 1.29 is 9.90 Å². The van der Waals surface area contributed by atoms with Crippen molar-refractivity contribution in [3.05, 3.63) is 47.1 Å². The smallest absolute Gasteiger partial charge is 0.354 e. The number of nitrogens with zero attached hydrogens (tertiary/aromatic N) is 1. The van der Waals surface area contributed by atoms with Gasteiger partial charge in [-0.05, 0) is 36.4 Å². The second-order valence-corrected chi connectivity index (χ2v) is 4.01. The maximum Gasteiger partial charge on any atom is 0.354 e. The average molecular weight is 264 g/mol. The van der Waals surface area contributed by atoms with Gasteiger partial charge in [-0.2, -0.15) is 0 Å². The number of carboxylic acids is 1. The highest BCUT2D eigenvalue weighted by Crippen LogP contribution is 2.22. The molecule has 0 unspecified atom stereocenters. The molecular weight excluding hydrogens is 254 g/mol. The number of nitrogen functional groups attached to an aromatic ring is 1. The number of carboxylic acid groups (broad SMARTS) is 1. The summed E-state index contributed by atoms with van der Waals surface area (Å²) in [6.45, 7) is 0.